The molecule has 0 atom stereocenters. The quantitative estimate of drug-likeness (QED) is 0.604. The van der Waals surface area contributed by atoms with Gasteiger partial charge in [0.2, 0.25) is 0 Å². The first-order chi connectivity index (χ1) is 4.13. The molecular weight excluding hydrogens is 152 g/mol. The van der Waals surface area contributed by atoms with Crippen LogP contribution in [0.2, 0.25) is 0 Å². The first-order valence-corrected chi connectivity index (χ1v) is 5.67. The first kappa shape index (κ1) is 9.66. The van der Waals surface area contributed by atoms with Crippen molar-refractivity contribution >= 4 is 20.9 Å². The third kappa shape index (κ3) is 8.66. The minimum absolute atomic E-state index is 0.373. The highest BCUT2D eigenvalue weighted by Crippen LogP contribution is 1.87. The molecule has 0 saturated heterocycles. The minimum Gasteiger partial charge on any atom is -0.318 e. The highest BCUT2D eigenvalue weighted by molar-refractivity contribution is 8.24. The lowest BCUT2D eigenvalue weighted by molar-refractivity contribution is 0.292. The van der Waals surface area contributed by atoms with E-state index < -0.39 is 0 Å². The summed E-state index contributed by atoms with van der Waals surface area (Å²) in [6.07, 6.45) is 0.373. The topological polar surface area (TPSA) is 9.23 Å². The molecule has 0 heterocycles. The van der Waals surface area contributed by atoms with E-state index in [2.05, 4.69) is 27.7 Å². The van der Waals surface area contributed by atoms with Gasteiger partial charge in [-0.1, -0.05) is 24.4 Å². The highest BCUT2D eigenvalue weighted by Gasteiger charge is 1.86. The van der Waals surface area contributed by atoms with Crippen LogP contribution in [0, 0.1) is 0 Å². The predicted molar refractivity (Wildman–Crippen MR) is 48.9 cm³/mol. The zero-order valence-corrected chi connectivity index (χ0v) is 8.25. The molecule has 0 spiro atoms. The van der Waals surface area contributed by atoms with Crippen molar-refractivity contribution in [3.63, 3.8) is 0 Å². The summed E-state index contributed by atoms with van der Waals surface area (Å²) in [4.78, 5) is 0. The summed E-state index contributed by atoms with van der Waals surface area (Å²) in [5, 5.41) is 0.727. The molecule has 0 saturated carbocycles. The average Bonchev–Trinajstić information content (AvgIpc) is 1.63. The number of hydrogen-bond donors (Lipinski definition) is 2. The Balaban J connectivity index is 3.25. The number of rotatable bonds is 3. The van der Waals surface area contributed by atoms with Crippen LogP contribution in [-0.4, -0.2) is 11.4 Å². The predicted octanol–water partition coefficient (Wildman–Crippen LogP) is 1.28. The van der Waals surface area contributed by atoms with Gasteiger partial charge in [-0.3, -0.25) is 0 Å². The lowest BCUT2D eigenvalue weighted by Gasteiger charge is -2.00. The summed E-state index contributed by atoms with van der Waals surface area (Å²) >= 11 is 0. The van der Waals surface area contributed by atoms with E-state index in [1.165, 1.54) is 10.3 Å². The van der Waals surface area contributed by atoms with Crippen molar-refractivity contribution in [2.75, 3.05) is 0 Å². The Morgan fingerprint density at radius 2 is 1.67 bits per heavy atom. The van der Waals surface area contributed by atoms with Crippen LogP contribution in [0.5, 0.6) is 0 Å². The molecular formula is C6H16OS2. The van der Waals surface area contributed by atoms with Gasteiger partial charge >= 0.3 is 0 Å². The Morgan fingerprint density at radius 1 is 1.11 bits per heavy atom. The molecule has 0 aliphatic carbocycles. The molecule has 0 aromatic rings. The first-order valence-electron chi connectivity index (χ1n) is 3.19. The maximum Gasteiger partial charge on any atom is 0.0661 e. The van der Waals surface area contributed by atoms with E-state index in [0.29, 0.717) is 6.10 Å². The lowest BCUT2D eigenvalue weighted by atomic mass is 10.5. The van der Waals surface area contributed by atoms with Gasteiger partial charge in [0.1, 0.15) is 0 Å². The maximum absolute atomic E-state index is 5.31. The zero-order chi connectivity index (χ0) is 7.28. The summed E-state index contributed by atoms with van der Waals surface area (Å²) in [5.74, 6) is 0. The highest BCUT2D eigenvalue weighted by atomic mass is 32.8. The molecule has 0 fully saturated rings. The van der Waals surface area contributed by atoms with Crippen molar-refractivity contribution in [2.45, 2.75) is 39.0 Å². The maximum atomic E-state index is 5.31. The molecule has 0 aliphatic rings. The van der Waals surface area contributed by atoms with Crippen molar-refractivity contribution in [2.24, 2.45) is 0 Å². The second-order valence-electron chi connectivity index (χ2n) is 2.45. The zero-order valence-electron chi connectivity index (χ0n) is 6.46. The molecule has 0 unspecified atom stereocenters. The van der Waals surface area contributed by atoms with Crippen LogP contribution in [0.1, 0.15) is 27.7 Å². The van der Waals surface area contributed by atoms with Crippen molar-refractivity contribution in [1.29, 1.82) is 0 Å². The van der Waals surface area contributed by atoms with Crippen LogP contribution in [-0.2, 0) is 25.1 Å². The van der Waals surface area contributed by atoms with Crippen LogP contribution in [0.25, 0.3) is 0 Å². The smallest absolute Gasteiger partial charge is 0.0661 e. The number of hydrogen-bond acceptors (Lipinski definition) is 1. The van der Waals surface area contributed by atoms with Crippen molar-refractivity contribution in [1.82, 2.24) is 0 Å². The fourth-order valence-electron chi connectivity index (χ4n) is 0.216. The van der Waals surface area contributed by atoms with Gasteiger partial charge in [0.05, 0.1) is 6.10 Å². The minimum atomic E-state index is 0.373. The normalized spacial score (nSPS) is 14.0. The molecule has 58 valence electrons. The Bertz CT molecular complexity index is 89.1. The SMILES string of the molecule is CC(C)O[SH]=[SH]C(C)C. The third-order valence-electron chi connectivity index (χ3n) is 0.536. The molecule has 1 nitrogen and oxygen atoms in total. The molecule has 0 aromatic heterocycles. The van der Waals surface area contributed by atoms with Crippen molar-refractivity contribution in [3.05, 3.63) is 0 Å². The summed E-state index contributed by atoms with van der Waals surface area (Å²) in [5.41, 5.74) is 0. The molecule has 0 N–H and O–H groups in total. The Labute approximate surface area is 64.6 Å². The van der Waals surface area contributed by atoms with E-state index in [1.807, 2.05) is 0 Å². The number of thiol groups is 2. The summed E-state index contributed by atoms with van der Waals surface area (Å²) in [6.45, 7) is 8.50. The van der Waals surface area contributed by atoms with Crippen LogP contribution in [0.15, 0.2) is 0 Å². The fraction of sp³-hybridized carbons (Fsp3) is 1.00. The molecule has 0 radical (unpaired) electrons. The van der Waals surface area contributed by atoms with Gasteiger partial charge in [-0.25, -0.2) is 0 Å². The van der Waals surface area contributed by atoms with Gasteiger partial charge in [-0.2, -0.15) is 10.3 Å². The van der Waals surface area contributed by atoms with Crippen LogP contribution >= 0.6 is 0 Å². The lowest BCUT2D eigenvalue weighted by Crippen LogP contribution is -1.99. The fourth-order valence-corrected chi connectivity index (χ4v) is 1.94. The van der Waals surface area contributed by atoms with Gasteiger partial charge in [-0.15, -0.1) is 0 Å². The van der Waals surface area contributed by atoms with Crippen LogP contribution in [0.3, 0.4) is 0 Å². The van der Waals surface area contributed by atoms with Gasteiger partial charge in [0, 0.05) is 0 Å². The summed E-state index contributed by atoms with van der Waals surface area (Å²) in [7, 11) is 2.47. The van der Waals surface area contributed by atoms with Crippen molar-refractivity contribution in [3.8, 4) is 0 Å². The van der Waals surface area contributed by atoms with Gasteiger partial charge < -0.3 is 4.18 Å². The van der Waals surface area contributed by atoms with E-state index in [9.17, 15) is 0 Å². The Hall–Kier alpha value is 0.660. The van der Waals surface area contributed by atoms with Gasteiger partial charge in [-0.05, 0) is 19.1 Å². The van der Waals surface area contributed by atoms with E-state index in [4.69, 9.17) is 4.18 Å². The average molecular weight is 168 g/mol. The van der Waals surface area contributed by atoms with Crippen molar-refractivity contribution < 1.29 is 4.18 Å². The third-order valence-corrected chi connectivity index (χ3v) is 3.56. The Morgan fingerprint density at radius 3 is 2.00 bits per heavy atom. The van der Waals surface area contributed by atoms with Gasteiger partial charge in [0.25, 0.3) is 0 Å². The summed E-state index contributed by atoms with van der Waals surface area (Å²) in [6, 6.07) is 0. The van der Waals surface area contributed by atoms with Gasteiger partial charge in [0.15, 0.2) is 0 Å². The molecule has 0 amide bonds. The molecule has 9 heavy (non-hydrogen) atoms. The van der Waals surface area contributed by atoms with E-state index in [0.717, 1.165) is 15.9 Å². The monoisotopic (exact) mass is 168 g/mol. The standard InChI is InChI=1S/C6H16OS2/c1-5(2)7-9-8-6(3)4/h5-6,8-9H,1-4H3. The second-order valence-corrected chi connectivity index (χ2v) is 5.27. The van der Waals surface area contributed by atoms with E-state index >= 15 is 0 Å². The molecule has 0 aliphatic heterocycles. The Kier molecular flexibility index (Phi) is 5.84. The molecule has 0 bridgehead atoms. The van der Waals surface area contributed by atoms with Crippen LogP contribution in [0.4, 0.5) is 0 Å². The molecule has 0 aromatic carbocycles. The largest absolute Gasteiger partial charge is 0.318 e. The molecule has 0 rings (SSSR count). The summed E-state index contributed by atoms with van der Waals surface area (Å²) < 4.78 is 5.31. The van der Waals surface area contributed by atoms with E-state index in [-0.39, 0.29) is 0 Å². The second kappa shape index (κ2) is 5.45. The van der Waals surface area contributed by atoms with Crippen LogP contribution < -0.4 is 0 Å². The molecule has 3 heteroatoms. The van der Waals surface area contributed by atoms with E-state index in [1.54, 1.807) is 0 Å².